The molecular weight excluding hydrogens is 306 g/mol. The Labute approximate surface area is 140 Å². The second-order valence-electron chi connectivity index (χ2n) is 5.59. The van der Waals surface area contributed by atoms with Crippen LogP contribution in [0.25, 0.3) is 0 Å². The van der Waals surface area contributed by atoms with Crippen LogP contribution in [-0.2, 0) is 30.7 Å². The first-order chi connectivity index (χ1) is 11.7. The molecular formula is C18H19N3O3. The van der Waals surface area contributed by atoms with Crippen molar-refractivity contribution in [2.45, 2.75) is 26.0 Å². The highest BCUT2D eigenvalue weighted by Gasteiger charge is 2.26. The minimum Gasteiger partial charge on any atom is -0.493 e. The van der Waals surface area contributed by atoms with Crippen LogP contribution in [0.4, 0.5) is 4.79 Å². The van der Waals surface area contributed by atoms with Gasteiger partial charge < -0.3 is 14.7 Å². The number of aromatic nitrogens is 2. The smallest absolute Gasteiger partial charge is 0.410 e. The lowest BCUT2D eigenvalue weighted by atomic mass is 10.1. The van der Waals surface area contributed by atoms with Crippen LogP contribution in [0.2, 0.25) is 0 Å². The summed E-state index contributed by atoms with van der Waals surface area (Å²) in [5.41, 5.74) is 2.31. The summed E-state index contributed by atoms with van der Waals surface area (Å²) >= 11 is 0. The van der Waals surface area contributed by atoms with Gasteiger partial charge in [-0.3, -0.25) is 0 Å². The van der Waals surface area contributed by atoms with E-state index >= 15 is 0 Å². The maximum atomic E-state index is 12.2. The Balaban J connectivity index is 1.66. The normalized spacial score (nSPS) is 13.2. The van der Waals surface area contributed by atoms with Crippen molar-refractivity contribution in [1.29, 1.82) is 0 Å². The summed E-state index contributed by atoms with van der Waals surface area (Å²) in [7, 11) is 0. The fourth-order valence-corrected chi connectivity index (χ4v) is 2.63. The lowest BCUT2D eigenvalue weighted by molar-refractivity contribution is 0.0911. The number of carbonyl (C=O) groups excluding carboxylic acids is 1. The predicted octanol–water partition coefficient (Wildman–Crippen LogP) is 2.61. The van der Waals surface area contributed by atoms with E-state index in [4.69, 9.17) is 4.74 Å². The first-order valence-electron chi connectivity index (χ1n) is 7.81. The van der Waals surface area contributed by atoms with Crippen molar-refractivity contribution in [2.75, 3.05) is 6.54 Å². The van der Waals surface area contributed by atoms with Crippen molar-refractivity contribution < 1.29 is 14.6 Å². The van der Waals surface area contributed by atoms with Gasteiger partial charge in [-0.2, -0.15) is 4.98 Å². The first-order valence-corrected chi connectivity index (χ1v) is 7.81. The van der Waals surface area contributed by atoms with E-state index in [1.54, 1.807) is 11.0 Å². The van der Waals surface area contributed by atoms with Crippen LogP contribution in [0.1, 0.15) is 22.6 Å². The maximum Gasteiger partial charge on any atom is 0.410 e. The highest BCUT2D eigenvalue weighted by molar-refractivity contribution is 5.68. The molecule has 1 amide bonds. The van der Waals surface area contributed by atoms with Crippen molar-refractivity contribution in [3.05, 3.63) is 65.6 Å². The average molecular weight is 325 g/mol. The number of nitrogens with zero attached hydrogens (tertiary/aromatic N) is 3. The van der Waals surface area contributed by atoms with Gasteiger partial charge in [0.25, 0.3) is 0 Å². The zero-order valence-corrected chi connectivity index (χ0v) is 13.3. The van der Waals surface area contributed by atoms with Gasteiger partial charge in [0.2, 0.25) is 5.88 Å². The zero-order chi connectivity index (χ0) is 16.9. The Kier molecular flexibility index (Phi) is 4.74. The number of rotatable bonds is 4. The number of benzene rings is 1. The Hall–Kier alpha value is -2.89. The third kappa shape index (κ3) is 3.53. The number of carbonyl (C=O) groups is 1. The molecule has 1 aromatic carbocycles. The summed E-state index contributed by atoms with van der Waals surface area (Å²) in [4.78, 5) is 22.3. The molecule has 0 fully saturated rings. The monoisotopic (exact) mass is 325 g/mol. The number of allylic oxidation sites excluding steroid dienone is 1. The van der Waals surface area contributed by atoms with E-state index < -0.39 is 6.09 Å². The van der Waals surface area contributed by atoms with Gasteiger partial charge in [0, 0.05) is 19.4 Å². The SMILES string of the molecule is C=CCc1nc(O)c2c(n1)CCN(C(=O)OCc1ccccc1)C2. The van der Waals surface area contributed by atoms with Gasteiger partial charge >= 0.3 is 6.09 Å². The summed E-state index contributed by atoms with van der Waals surface area (Å²) in [5.74, 6) is 0.471. The fraction of sp³-hybridized carbons (Fsp3) is 0.278. The van der Waals surface area contributed by atoms with Crippen molar-refractivity contribution in [3.8, 4) is 5.88 Å². The molecule has 1 aliphatic rings. The van der Waals surface area contributed by atoms with Gasteiger partial charge in [0.15, 0.2) is 0 Å². The van der Waals surface area contributed by atoms with E-state index in [0.29, 0.717) is 30.8 Å². The molecule has 1 aromatic heterocycles. The van der Waals surface area contributed by atoms with Crippen LogP contribution < -0.4 is 0 Å². The lowest BCUT2D eigenvalue weighted by Crippen LogP contribution is -2.37. The molecule has 3 rings (SSSR count). The minimum atomic E-state index is -0.404. The second kappa shape index (κ2) is 7.12. The van der Waals surface area contributed by atoms with Gasteiger partial charge in [0.05, 0.1) is 17.8 Å². The number of hydrogen-bond acceptors (Lipinski definition) is 5. The summed E-state index contributed by atoms with van der Waals surface area (Å²) in [6, 6.07) is 9.52. The number of aromatic hydroxyl groups is 1. The van der Waals surface area contributed by atoms with E-state index in [1.165, 1.54) is 0 Å². The average Bonchev–Trinajstić information content (AvgIpc) is 2.60. The standard InChI is InChI=1S/C18H19N3O3/c1-2-6-16-19-15-9-10-21(11-14(15)17(22)20-16)18(23)24-12-13-7-4-3-5-8-13/h2-5,7-8H,1,6,9-12H2,(H,19,20,22). The molecule has 6 heteroatoms. The van der Waals surface area contributed by atoms with Crippen molar-refractivity contribution >= 4 is 6.09 Å². The third-order valence-electron chi connectivity index (χ3n) is 3.87. The molecule has 24 heavy (non-hydrogen) atoms. The summed E-state index contributed by atoms with van der Waals surface area (Å²) < 4.78 is 5.34. The van der Waals surface area contributed by atoms with E-state index in [-0.39, 0.29) is 19.0 Å². The Morgan fingerprint density at radius 1 is 1.33 bits per heavy atom. The van der Waals surface area contributed by atoms with Crippen LogP contribution in [0.3, 0.4) is 0 Å². The van der Waals surface area contributed by atoms with Crippen LogP contribution in [0.15, 0.2) is 43.0 Å². The second-order valence-corrected chi connectivity index (χ2v) is 5.59. The van der Waals surface area contributed by atoms with Gasteiger partial charge in [-0.25, -0.2) is 9.78 Å². The molecule has 124 valence electrons. The summed E-state index contributed by atoms with van der Waals surface area (Å²) in [6.45, 7) is 4.63. The Morgan fingerprint density at radius 2 is 2.12 bits per heavy atom. The van der Waals surface area contributed by atoms with Crippen molar-refractivity contribution in [3.63, 3.8) is 0 Å². The molecule has 0 radical (unpaired) electrons. The van der Waals surface area contributed by atoms with Gasteiger partial charge in [-0.1, -0.05) is 36.4 Å². The van der Waals surface area contributed by atoms with Crippen molar-refractivity contribution in [1.82, 2.24) is 14.9 Å². The highest BCUT2D eigenvalue weighted by atomic mass is 16.6. The minimum absolute atomic E-state index is 0.0718. The molecule has 1 aliphatic heterocycles. The molecule has 2 heterocycles. The number of ether oxygens (including phenoxy) is 1. The predicted molar refractivity (Wildman–Crippen MR) is 88.3 cm³/mol. The maximum absolute atomic E-state index is 12.2. The van der Waals surface area contributed by atoms with E-state index in [1.807, 2.05) is 30.3 Å². The largest absolute Gasteiger partial charge is 0.493 e. The first kappa shape index (κ1) is 16.0. The topological polar surface area (TPSA) is 75.6 Å². The quantitative estimate of drug-likeness (QED) is 0.875. The summed E-state index contributed by atoms with van der Waals surface area (Å²) in [5, 5.41) is 10.1. The molecule has 6 nitrogen and oxygen atoms in total. The van der Waals surface area contributed by atoms with Crippen molar-refractivity contribution in [2.24, 2.45) is 0 Å². The van der Waals surface area contributed by atoms with Gasteiger partial charge in [-0.05, 0) is 5.56 Å². The van der Waals surface area contributed by atoms with Crippen LogP contribution in [0, 0.1) is 0 Å². The van der Waals surface area contributed by atoms with Crippen LogP contribution >= 0.6 is 0 Å². The molecule has 0 spiro atoms. The van der Waals surface area contributed by atoms with E-state index in [0.717, 1.165) is 11.3 Å². The molecule has 2 aromatic rings. The number of hydrogen-bond donors (Lipinski definition) is 1. The lowest BCUT2D eigenvalue weighted by Gasteiger charge is -2.27. The number of amides is 1. The molecule has 1 N–H and O–H groups in total. The third-order valence-corrected chi connectivity index (χ3v) is 3.87. The Bertz CT molecular complexity index is 747. The molecule has 0 saturated heterocycles. The molecule has 0 saturated carbocycles. The number of fused-ring (bicyclic) bond motifs is 1. The van der Waals surface area contributed by atoms with E-state index in [9.17, 15) is 9.90 Å². The fourth-order valence-electron chi connectivity index (χ4n) is 2.63. The molecule has 0 unspecified atom stereocenters. The summed E-state index contributed by atoms with van der Waals surface area (Å²) in [6.07, 6.45) is 2.36. The highest BCUT2D eigenvalue weighted by Crippen LogP contribution is 2.25. The van der Waals surface area contributed by atoms with Gasteiger partial charge in [0.1, 0.15) is 12.4 Å². The van der Waals surface area contributed by atoms with Crippen LogP contribution in [-0.4, -0.2) is 32.6 Å². The molecule has 0 aliphatic carbocycles. The van der Waals surface area contributed by atoms with Gasteiger partial charge in [-0.15, -0.1) is 6.58 Å². The van der Waals surface area contributed by atoms with E-state index in [2.05, 4.69) is 16.5 Å². The Morgan fingerprint density at radius 3 is 2.88 bits per heavy atom. The molecule has 0 atom stereocenters. The molecule has 0 bridgehead atoms. The van der Waals surface area contributed by atoms with Crippen LogP contribution in [0.5, 0.6) is 5.88 Å². The zero-order valence-electron chi connectivity index (χ0n) is 13.3.